The van der Waals surface area contributed by atoms with Gasteiger partial charge in [-0.05, 0) is 18.4 Å². The zero-order valence-electron chi connectivity index (χ0n) is 17.3. The molecule has 2 N–H and O–H groups in total. The maximum Gasteiger partial charge on any atom is 0.203 e. The number of hydrogen-bond acceptors (Lipinski definition) is 5. The first kappa shape index (κ1) is 24.4. The van der Waals surface area contributed by atoms with Crippen LogP contribution in [0.3, 0.4) is 0 Å². The van der Waals surface area contributed by atoms with Crippen LogP contribution in [0.2, 0.25) is 0 Å². The van der Waals surface area contributed by atoms with E-state index in [4.69, 9.17) is 19.2 Å². The number of guanidine groups is 1. The number of rotatable bonds is 8. The van der Waals surface area contributed by atoms with E-state index in [9.17, 15) is 0 Å². The first-order valence-corrected chi connectivity index (χ1v) is 9.72. The molecule has 0 amide bonds. The van der Waals surface area contributed by atoms with Crippen molar-refractivity contribution in [1.29, 1.82) is 0 Å². The molecule has 1 heterocycles. The fourth-order valence-electron chi connectivity index (χ4n) is 2.62. The third-order valence-corrected chi connectivity index (χ3v) is 5.33. The van der Waals surface area contributed by atoms with Gasteiger partial charge >= 0.3 is 0 Å². The number of aliphatic imine (C=N–C) groups is 1. The quantitative estimate of drug-likeness (QED) is 0.300. The Hall–Kier alpha value is -1.68. The number of anilines is 1. The Morgan fingerprint density at radius 3 is 2.21 bits per heavy atom. The summed E-state index contributed by atoms with van der Waals surface area (Å²) in [6.45, 7) is 7.86. The number of ether oxygens (including phenoxy) is 3. The Morgan fingerprint density at radius 2 is 1.75 bits per heavy atom. The predicted molar refractivity (Wildman–Crippen MR) is 128 cm³/mol. The molecule has 0 aliphatic heterocycles. The van der Waals surface area contributed by atoms with Crippen molar-refractivity contribution in [3.05, 3.63) is 34.5 Å². The maximum atomic E-state index is 5.42. The van der Waals surface area contributed by atoms with Crippen molar-refractivity contribution >= 4 is 47.0 Å². The van der Waals surface area contributed by atoms with E-state index in [0.29, 0.717) is 29.8 Å². The first-order chi connectivity index (χ1) is 12.9. The van der Waals surface area contributed by atoms with Crippen molar-refractivity contribution < 1.29 is 14.2 Å². The average Bonchev–Trinajstić information content (AvgIpc) is 3.21. The molecule has 0 fully saturated rings. The zero-order chi connectivity index (χ0) is 19.9. The predicted octanol–water partition coefficient (Wildman–Crippen LogP) is 4.75. The highest BCUT2D eigenvalue weighted by Crippen LogP contribution is 2.39. The van der Waals surface area contributed by atoms with Crippen molar-refractivity contribution in [3.8, 4) is 17.2 Å². The van der Waals surface area contributed by atoms with Gasteiger partial charge in [-0.3, -0.25) is 4.99 Å². The molecule has 0 aliphatic carbocycles. The van der Waals surface area contributed by atoms with Crippen LogP contribution in [0.25, 0.3) is 0 Å². The van der Waals surface area contributed by atoms with Gasteiger partial charge in [-0.15, -0.1) is 35.3 Å². The second kappa shape index (κ2) is 11.4. The van der Waals surface area contributed by atoms with Gasteiger partial charge in [0.2, 0.25) is 5.75 Å². The second-order valence-corrected chi connectivity index (χ2v) is 7.54. The highest BCUT2D eigenvalue weighted by atomic mass is 127. The van der Waals surface area contributed by atoms with Crippen molar-refractivity contribution in [2.24, 2.45) is 4.99 Å². The number of nitrogens with zero attached hydrogens (tertiary/aromatic N) is 1. The van der Waals surface area contributed by atoms with E-state index < -0.39 is 0 Å². The molecule has 6 nitrogen and oxygen atoms in total. The number of benzene rings is 1. The second-order valence-electron chi connectivity index (χ2n) is 6.60. The summed E-state index contributed by atoms with van der Waals surface area (Å²) in [6.07, 6.45) is 0. The smallest absolute Gasteiger partial charge is 0.203 e. The largest absolute Gasteiger partial charge is 0.493 e. The third kappa shape index (κ3) is 6.16. The molecule has 0 spiro atoms. The van der Waals surface area contributed by atoms with Crippen LogP contribution in [0.4, 0.5) is 5.69 Å². The Labute approximate surface area is 188 Å². The Kier molecular flexibility index (Phi) is 9.88. The van der Waals surface area contributed by atoms with E-state index in [1.807, 2.05) is 19.1 Å². The molecule has 0 aliphatic rings. The molecule has 0 unspecified atom stereocenters. The van der Waals surface area contributed by atoms with Gasteiger partial charge in [0, 0.05) is 34.7 Å². The molecule has 156 valence electrons. The molecular weight excluding hydrogens is 489 g/mol. The third-order valence-electron chi connectivity index (χ3n) is 4.09. The van der Waals surface area contributed by atoms with Gasteiger partial charge in [-0.1, -0.05) is 19.9 Å². The minimum atomic E-state index is -0.0359. The van der Waals surface area contributed by atoms with E-state index >= 15 is 0 Å². The summed E-state index contributed by atoms with van der Waals surface area (Å²) < 4.78 is 16.2. The molecule has 1 aromatic carbocycles. The molecule has 8 heteroatoms. The van der Waals surface area contributed by atoms with Crippen molar-refractivity contribution in [3.63, 3.8) is 0 Å². The number of methoxy groups -OCH3 is 3. The van der Waals surface area contributed by atoms with Gasteiger partial charge in [-0.25, -0.2) is 0 Å². The SMILES string of the molecule is CCNC(=NCC(C)(C)c1cccs1)Nc1cc(OC)c(OC)c(OC)c1.I. The molecular formula is C20H30IN3O3S. The van der Waals surface area contributed by atoms with E-state index in [-0.39, 0.29) is 29.4 Å². The number of thiophene rings is 1. The lowest BCUT2D eigenvalue weighted by molar-refractivity contribution is 0.324. The summed E-state index contributed by atoms with van der Waals surface area (Å²) >= 11 is 1.76. The van der Waals surface area contributed by atoms with Crippen LogP contribution in [0, 0.1) is 0 Å². The fourth-order valence-corrected chi connectivity index (χ4v) is 3.46. The molecule has 1 aromatic heterocycles. The maximum absolute atomic E-state index is 5.42. The van der Waals surface area contributed by atoms with Crippen molar-refractivity contribution in [2.75, 3.05) is 39.7 Å². The minimum absolute atomic E-state index is 0. The molecule has 0 bridgehead atoms. The number of nitrogens with one attached hydrogen (secondary N) is 2. The van der Waals surface area contributed by atoms with Gasteiger partial charge in [0.05, 0.1) is 27.9 Å². The summed E-state index contributed by atoms with van der Waals surface area (Å²) in [4.78, 5) is 6.09. The molecule has 0 saturated heterocycles. The summed E-state index contributed by atoms with van der Waals surface area (Å²) in [5.74, 6) is 2.45. The summed E-state index contributed by atoms with van der Waals surface area (Å²) in [7, 11) is 4.79. The van der Waals surface area contributed by atoms with Crippen molar-refractivity contribution in [1.82, 2.24) is 5.32 Å². The van der Waals surface area contributed by atoms with Crippen LogP contribution >= 0.6 is 35.3 Å². The lowest BCUT2D eigenvalue weighted by Gasteiger charge is -2.22. The van der Waals surface area contributed by atoms with E-state index in [1.165, 1.54) is 4.88 Å². The lowest BCUT2D eigenvalue weighted by atomic mass is 9.92. The van der Waals surface area contributed by atoms with E-state index in [2.05, 4.69) is 42.0 Å². The topological polar surface area (TPSA) is 64.1 Å². The van der Waals surface area contributed by atoms with Crippen molar-refractivity contribution in [2.45, 2.75) is 26.2 Å². The fraction of sp³-hybridized carbons (Fsp3) is 0.450. The first-order valence-electron chi connectivity index (χ1n) is 8.84. The average molecular weight is 519 g/mol. The molecule has 28 heavy (non-hydrogen) atoms. The summed E-state index contributed by atoms with van der Waals surface area (Å²) in [5.41, 5.74) is 0.768. The van der Waals surface area contributed by atoms with E-state index in [1.54, 1.807) is 32.7 Å². The van der Waals surface area contributed by atoms with Crippen LogP contribution in [-0.2, 0) is 5.41 Å². The standard InChI is InChI=1S/C20H29N3O3S.HI/c1-7-21-19(22-13-20(2,3)17-9-8-10-27-17)23-14-11-15(24-4)18(26-6)16(12-14)25-5;/h8-12H,7,13H2,1-6H3,(H2,21,22,23);1H. The summed E-state index contributed by atoms with van der Waals surface area (Å²) in [5, 5.41) is 8.70. The van der Waals surface area contributed by atoms with Crippen LogP contribution in [0.1, 0.15) is 25.6 Å². The van der Waals surface area contributed by atoms with Gasteiger partial charge in [0.15, 0.2) is 17.5 Å². The monoisotopic (exact) mass is 519 g/mol. The number of hydrogen-bond donors (Lipinski definition) is 2. The molecule has 0 saturated carbocycles. The Morgan fingerprint density at radius 1 is 1.11 bits per heavy atom. The van der Waals surface area contributed by atoms with Crippen LogP contribution in [0.15, 0.2) is 34.6 Å². The van der Waals surface area contributed by atoms with Crippen LogP contribution < -0.4 is 24.8 Å². The molecule has 2 rings (SSSR count). The van der Waals surface area contributed by atoms with Gasteiger partial charge in [0.25, 0.3) is 0 Å². The van der Waals surface area contributed by atoms with Crippen LogP contribution in [-0.4, -0.2) is 40.4 Å². The molecule has 0 radical (unpaired) electrons. The minimum Gasteiger partial charge on any atom is -0.493 e. The normalized spacial score (nSPS) is 11.4. The van der Waals surface area contributed by atoms with E-state index in [0.717, 1.165) is 12.2 Å². The molecule has 2 aromatic rings. The highest BCUT2D eigenvalue weighted by Gasteiger charge is 2.21. The zero-order valence-corrected chi connectivity index (χ0v) is 20.4. The van der Waals surface area contributed by atoms with Gasteiger partial charge in [0.1, 0.15) is 0 Å². The van der Waals surface area contributed by atoms with Gasteiger partial charge in [-0.2, -0.15) is 0 Å². The van der Waals surface area contributed by atoms with Gasteiger partial charge < -0.3 is 24.8 Å². The van der Waals surface area contributed by atoms with Crippen LogP contribution in [0.5, 0.6) is 17.2 Å². The Balaban J connectivity index is 0.00000392. The highest BCUT2D eigenvalue weighted by molar-refractivity contribution is 14.0. The lowest BCUT2D eigenvalue weighted by Crippen LogP contribution is -2.32. The number of halogens is 1. The Bertz CT molecular complexity index is 739. The summed E-state index contributed by atoms with van der Waals surface area (Å²) in [6, 6.07) is 7.95. The molecule has 0 atom stereocenters.